The third-order valence-electron chi connectivity index (χ3n) is 13.3. The van der Waals surface area contributed by atoms with Gasteiger partial charge in [0, 0.05) is 89.2 Å². The molecule has 3 fully saturated rings. The van der Waals surface area contributed by atoms with E-state index in [0.29, 0.717) is 31.5 Å². The Balaban J connectivity index is 0.000000165. The fourth-order valence-electron chi connectivity index (χ4n) is 9.54. The molecule has 5 N–H and O–H groups in total. The van der Waals surface area contributed by atoms with Crippen LogP contribution >= 0.6 is 34.0 Å². The first kappa shape index (κ1) is 63.9. The van der Waals surface area contributed by atoms with Crippen LogP contribution in [0.25, 0.3) is 0 Å². The van der Waals surface area contributed by atoms with Crippen LogP contribution in [-0.4, -0.2) is 156 Å². The minimum absolute atomic E-state index is 0.0647. The number of nitrogens with two attached hydrogens (primary N) is 1. The molecule has 88 heavy (non-hydrogen) atoms. The number of nitrogen functional groups attached to an aromatic ring is 1. The zero-order chi connectivity index (χ0) is 62.0. The maximum absolute atomic E-state index is 13.0. The summed E-state index contributed by atoms with van der Waals surface area (Å²) in [6, 6.07) is 22.4. The minimum Gasteiger partial charge on any atom is -0.406 e. The van der Waals surface area contributed by atoms with Gasteiger partial charge in [-0.15, -0.1) is 72.2 Å². The average Bonchev–Trinajstić information content (AvgIpc) is 4.58. The van der Waals surface area contributed by atoms with Crippen molar-refractivity contribution in [3.8, 4) is 11.5 Å². The molecule has 8 aromatic rings. The normalized spacial score (nSPS) is 17.3. The van der Waals surface area contributed by atoms with Crippen LogP contribution in [0.5, 0.6) is 11.5 Å². The molecule has 5 atom stereocenters. The van der Waals surface area contributed by atoms with Gasteiger partial charge in [0.1, 0.15) is 33.7 Å². The summed E-state index contributed by atoms with van der Waals surface area (Å²) in [5, 5.41) is 61.7. The van der Waals surface area contributed by atoms with Gasteiger partial charge in [0.15, 0.2) is 29.0 Å². The molecule has 9 heterocycles. The number of ketones is 2. The molecule has 0 unspecified atom stereocenters. The van der Waals surface area contributed by atoms with E-state index < -0.39 is 36.4 Å². The number of rotatable bonds is 23. The fraction of sp³-hybridized carbons (Fsp3) is 0.407. The van der Waals surface area contributed by atoms with E-state index in [9.17, 15) is 35.9 Å². The van der Waals surface area contributed by atoms with Crippen LogP contribution in [0.4, 0.5) is 64.3 Å². The zero-order valence-electron chi connectivity index (χ0n) is 47.1. The SMILES string of the molecule is CCO[C@@H](C(=O)Cc1nnc(N[C@@H]2CCN(c3cccnn3)C2)s1)c1cccc(OC(F)(F)F)c1.CCO[C@H](C(=O)Cc1nnc(N[C@@H]2CCN(c3cccnn3)C2)s1)c1cccc(OC(F)(F)F)c1.Nc1nnc(N[C@@H]2CCN(c3cccnn3)C2)s1. The van der Waals surface area contributed by atoms with Crippen molar-refractivity contribution < 1.29 is 54.9 Å². The Kier molecular flexibility index (Phi) is 22.0. The first-order valence-electron chi connectivity index (χ1n) is 27.5. The molecule has 0 amide bonds. The Morgan fingerprint density at radius 1 is 0.534 bits per heavy atom. The van der Waals surface area contributed by atoms with Crippen molar-refractivity contribution >= 4 is 83.6 Å². The van der Waals surface area contributed by atoms with Crippen molar-refractivity contribution in [1.82, 2.24) is 61.2 Å². The van der Waals surface area contributed by atoms with Crippen molar-refractivity contribution in [3.63, 3.8) is 0 Å². The Labute approximate surface area is 511 Å². The standard InChI is InChI=1S/2C22H23F3N6O3S.C10H13N7S/c2*1-2-33-20(14-5-3-6-16(11-14)34-22(23,24)25)17(32)12-19-29-30-21(35-19)27-15-8-10-31(13-15)18-7-4-9-26-28-18;11-9-15-16-10(18-9)13-7-3-5-17(6-7)8-2-1-4-12-14-8/h2*3-7,9,11,15,20H,2,8,10,12-13H2,1H3,(H,27,30);1-2,4,7H,3,5-6H2,(H2,11,15)(H,13,16)/t15-,20+;15-,20-;7-/m111/s1. The van der Waals surface area contributed by atoms with Gasteiger partial charge >= 0.3 is 12.7 Å². The largest absolute Gasteiger partial charge is 0.573 e. The first-order valence-corrected chi connectivity index (χ1v) is 30.0. The molecular formula is C54H59F6N19O6S3. The monoisotopic (exact) mass is 1280 g/mol. The van der Waals surface area contributed by atoms with Gasteiger partial charge in [-0.25, -0.2) is 0 Å². The van der Waals surface area contributed by atoms with Crippen LogP contribution in [-0.2, 0) is 31.9 Å². The molecule has 0 radical (unpaired) electrons. The number of aromatic nitrogens is 12. The quantitative estimate of drug-likeness (QED) is 0.0438. The van der Waals surface area contributed by atoms with E-state index in [1.165, 1.54) is 70.4 Å². The summed E-state index contributed by atoms with van der Waals surface area (Å²) >= 11 is 3.88. The summed E-state index contributed by atoms with van der Waals surface area (Å²) in [6.07, 6.45) is -4.15. The predicted octanol–water partition coefficient (Wildman–Crippen LogP) is 8.21. The molecule has 25 nitrogen and oxygen atoms in total. The number of carbonyl (C=O) groups excluding carboxylic acids is 2. The molecule has 0 saturated carbocycles. The van der Waals surface area contributed by atoms with Crippen molar-refractivity contribution in [2.45, 2.75) is 89.0 Å². The molecule has 34 heteroatoms. The zero-order valence-corrected chi connectivity index (χ0v) is 49.6. The summed E-state index contributed by atoms with van der Waals surface area (Å²) in [7, 11) is 0. The van der Waals surface area contributed by atoms with Crippen LogP contribution in [0.15, 0.2) is 104 Å². The number of ether oxygens (including phenoxy) is 4. The Morgan fingerprint density at radius 2 is 0.909 bits per heavy atom. The van der Waals surface area contributed by atoms with Crippen LogP contribution in [0.2, 0.25) is 0 Å². The molecule has 0 bridgehead atoms. The molecule has 6 aromatic heterocycles. The highest BCUT2D eigenvalue weighted by molar-refractivity contribution is 7.18. The van der Waals surface area contributed by atoms with E-state index >= 15 is 0 Å². The van der Waals surface area contributed by atoms with Crippen molar-refractivity contribution in [1.29, 1.82) is 0 Å². The third-order valence-corrected chi connectivity index (χ3v) is 15.7. The Bertz CT molecular complexity index is 3300. The van der Waals surface area contributed by atoms with Gasteiger partial charge in [0.05, 0.1) is 12.8 Å². The van der Waals surface area contributed by atoms with Crippen molar-refractivity contribution in [2.75, 3.05) is 88.9 Å². The predicted molar refractivity (Wildman–Crippen MR) is 315 cm³/mol. The Morgan fingerprint density at radius 3 is 1.24 bits per heavy atom. The van der Waals surface area contributed by atoms with E-state index in [2.05, 4.69) is 101 Å². The molecular weight excluding hydrogens is 1220 g/mol. The summed E-state index contributed by atoms with van der Waals surface area (Å²) < 4.78 is 94.5. The van der Waals surface area contributed by atoms with Crippen molar-refractivity contribution in [3.05, 3.63) is 125 Å². The lowest BCUT2D eigenvalue weighted by Gasteiger charge is -2.17. The first-order chi connectivity index (χ1) is 42.4. The molecule has 0 spiro atoms. The minimum atomic E-state index is -4.83. The molecule has 11 rings (SSSR count). The van der Waals surface area contributed by atoms with Crippen LogP contribution < -0.4 is 45.9 Å². The molecule has 466 valence electrons. The van der Waals surface area contributed by atoms with E-state index in [-0.39, 0.29) is 60.8 Å². The lowest BCUT2D eigenvalue weighted by molar-refractivity contribution is -0.275. The van der Waals surface area contributed by atoms with Gasteiger partial charge in [-0.3, -0.25) is 9.59 Å². The third kappa shape index (κ3) is 19.2. The van der Waals surface area contributed by atoms with Gasteiger partial charge in [-0.2, -0.15) is 15.3 Å². The van der Waals surface area contributed by atoms with E-state index in [1.807, 2.05) is 36.4 Å². The van der Waals surface area contributed by atoms with Gasteiger partial charge in [-0.1, -0.05) is 58.3 Å². The van der Waals surface area contributed by atoms with E-state index in [1.54, 1.807) is 32.4 Å². The number of hydrogen-bond acceptors (Lipinski definition) is 28. The highest BCUT2D eigenvalue weighted by atomic mass is 32.1. The maximum Gasteiger partial charge on any atom is 0.573 e. The lowest BCUT2D eigenvalue weighted by Crippen LogP contribution is -2.26. The second-order valence-corrected chi connectivity index (χ2v) is 22.8. The smallest absolute Gasteiger partial charge is 0.406 e. The second-order valence-electron chi connectivity index (χ2n) is 19.6. The number of carbonyl (C=O) groups is 2. The highest BCUT2D eigenvalue weighted by Gasteiger charge is 2.34. The van der Waals surface area contributed by atoms with Gasteiger partial charge in [0.2, 0.25) is 20.5 Å². The van der Waals surface area contributed by atoms with Crippen LogP contribution in [0.3, 0.4) is 0 Å². The lowest BCUT2D eigenvalue weighted by atomic mass is 10.0. The van der Waals surface area contributed by atoms with E-state index in [0.717, 1.165) is 93.2 Å². The maximum atomic E-state index is 13.0. The number of hydrogen-bond donors (Lipinski definition) is 4. The summed E-state index contributed by atoms with van der Waals surface area (Å²) in [6.45, 7) is 8.78. The summed E-state index contributed by atoms with van der Waals surface area (Å²) in [4.78, 5) is 32.4. The molecule has 2 aromatic carbocycles. The van der Waals surface area contributed by atoms with Crippen LogP contribution in [0, 0.1) is 0 Å². The Hall–Kier alpha value is -8.60. The van der Waals surface area contributed by atoms with E-state index in [4.69, 9.17) is 15.2 Å². The molecule has 3 saturated heterocycles. The number of benzene rings is 2. The topological polar surface area (TPSA) is 298 Å². The number of anilines is 7. The van der Waals surface area contributed by atoms with Gasteiger partial charge < -0.3 is 55.3 Å². The highest BCUT2D eigenvalue weighted by Crippen LogP contribution is 2.32. The number of nitrogens with one attached hydrogen (secondary N) is 3. The van der Waals surface area contributed by atoms with Gasteiger partial charge in [0.25, 0.3) is 0 Å². The second kappa shape index (κ2) is 30.3. The molecule has 3 aliphatic heterocycles. The summed E-state index contributed by atoms with van der Waals surface area (Å²) in [5.74, 6) is 1.03. The summed E-state index contributed by atoms with van der Waals surface area (Å²) in [5.41, 5.74) is 6.10. The van der Waals surface area contributed by atoms with Crippen LogP contribution in [0.1, 0.15) is 66.5 Å². The number of alkyl halides is 6. The molecule has 0 aliphatic carbocycles. The number of Topliss-reactive ketones (excluding diaryl/α,β-unsaturated/α-hetero) is 2. The van der Waals surface area contributed by atoms with Gasteiger partial charge in [-0.05, 0) is 105 Å². The molecule has 3 aliphatic rings. The van der Waals surface area contributed by atoms with Crippen molar-refractivity contribution in [2.24, 2.45) is 0 Å². The fourth-order valence-corrected chi connectivity index (χ4v) is 11.8. The number of nitrogens with zero attached hydrogens (tertiary/aromatic N) is 15. The number of halogens is 6. The average molecular weight is 1280 g/mol.